The molecule has 2 aromatic carbocycles. The molecule has 1 amide bonds. The number of aromatic hydroxyl groups is 1. The monoisotopic (exact) mass is 329 g/mol. The molecule has 2 aromatic rings. The number of amides is 1. The Hall–Kier alpha value is -3.42. The fourth-order valence-corrected chi connectivity index (χ4v) is 1.92. The van der Waals surface area contributed by atoms with Crippen LogP contribution in [0.5, 0.6) is 11.5 Å². The van der Waals surface area contributed by atoms with Crippen LogP contribution in [-0.4, -0.2) is 29.3 Å². The van der Waals surface area contributed by atoms with E-state index < -0.39 is 22.3 Å². The summed E-state index contributed by atoms with van der Waals surface area (Å²) in [4.78, 5) is 22.1. The number of nitrogens with one attached hydrogen (secondary N) is 1. The number of hydrazone groups is 1. The highest BCUT2D eigenvalue weighted by molar-refractivity contribution is 5.95. The summed E-state index contributed by atoms with van der Waals surface area (Å²) in [7, 11) is 1.28. The molecule has 2 rings (SSSR count). The predicted molar refractivity (Wildman–Crippen MR) is 87.6 cm³/mol. The van der Waals surface area contributed by atoms with Crippen molar-refractivity contribution in [3.05, 3.63) is 63.2 Å². The summed E-state index contributed by atoms with van der Waals surface area (Å²) in [5.41, 5.74) is 3.57. The minimum Gasteiger partial charge on any atom is -0.500 e. The highest BCUT2D eigenvalue weighted by Crippen LogP contribution is 2.36. The van der Waals surface area contributed by atoms with Crippen LogP contribution in [0, 0.1) is 17.0 Å². The van der Waals surface area contributed by atoms with Gasteiger partial charge in [-0.05, 0) is 25.1 Å². The van der Waals surface area contributed by atoms with Crippen LogP contribution in [0.3, 0.4) is 0 Å². The van der Waals surface area contributed by atoms with Gasteiger partial charge in [0, 0.05) is 17.2 Å². The number of ether oxygens (including phenoxy) is 1. The van der Waals surface area contributed by atoms with E-state index in [-0.39, 0.29) is 5.75 Å². The Kier molecular flexibility index (Phi) is 5.10. The highest BCUT2D eigenvalue weighted by atomic mass is 16.6. The first-order valence-electron chi connectivity index (χ1n) is 6.88. The summed E-state index contributed by atoms with van der Waals surface area (Å²) in [6, 6.07) is 9.41. The van der Waals surface area contributed by atoms with Crippen LogP contribution in [0.4, 0.5) is 5.69 Å². The Balaban J connectivity index is 2.16. The van der Waals surface area contributed by atoms with Crippen molar-refractivity contribution in [2.24, 2.45) is 5.10 Å². The molecule has 0 atom stereocenters. The van der Waals surface area contributed by atoms with E-state index in [1.807, 2.05) is 6.92 Å². The molecular weight excluding hydrogens is 314 g/mol. The molecule has 8 nitrogen and oxygen atoms in total. The molecule has 0 saturated heterocycles. The first kappa shape index (κ1) is 16.9. The molecule has 2 N–H and O–H groups in total. The number of hydrogen-bond donors (Lipinski definition) is 2. The van der Waals surface area contributed by atoms with Crippen molar-refractivity contribution in [1.29, 1.82) is 0 Å². The largest absolute Gasteiger partial charge is 0.500 e. The zero-order valence-corrected chi connectivity index (χ0v) is 13.0. The lowest BCUT2D eigenvalue weighted by Gasteiger charge is -2.05. The zero-order valence-electron chi connectivity index (χ0n) is 13.0. The number of phenols is 1. The van der Waals surface area contributed by atoms with E-state index in [9.17, 15) is 20.0 Å². The van der Waals surface area contributed by atoms with E-state index >= 15 is 0 Å². The number of carbonyl (C=O) groups is 1. The average molecular weight is 329 g/mol. The van der Waals surface area contributed by atoms with Crippen LogP contribution in [0.15, 0.2) is 41.5 Å². The number of carbonyl (C=O) groups excluding carboxylic acids is 1. The Bertz CT molecular complexity index is 800. The van der Waals surface area contributed by atoms with Gasteiger partial charge in [-0.25, -0.2) is 5.43 Å². The van der Waals surface area contributed by atoms with Gasteiger partial charge in [0.25, 0.3) is 5.91 Å². The van der Waals surface area contributed by atoms with Crippen molar-refractivity contribution in [3.63, 3.8) is 0 Å². The van der Waals surface area contributed by atoms with Gasteiger partial charge < -0.3 is 9.84 Å². The lowest BCUT2D eigenvalue weighted by molar-refractivity contribution is -0.386. The van der Waals surface area contributed by atoms with Gasteiger partial charge in [0.2, 0.25) is 5.75 Å². The van der Waals surface area contributed by atoms with Gasteiger partial charge in [-0.15, -0.1) is 0 Å². The van der Waals surface area contributed by atoms with E-state index in [1.165, 1.54) is 19.4 Å². The second-order valence-electron chi connectivity index (χ2n) is 4.91. The zero-order chi connectivity index (χ0) is 17.7. The fourth-order valence-electron chi connectivity index (χ4n) is 1.92. The number of methoxy groups -OCH3 is 1. The highest BCUT2D eigenvalue weighted by Gasteiger charge is 2.19. The molecule has 24 heavy (non-hydrogen) atoms. The Morgan fingerprint density at radius 1 is 1.33 bits per heavy atom. The van der Waals surface area contributed by atoms with E-state index in [2.05, 4.69) is 10.5 Å². The Labute approximate surface area is 137 Å². The van der Waals surface area contributed by atoms with Crippen LogP contribution in [0.25, 0.3) is 0 Å². The smallest absolute Gasteiger partial charge is 0.315 e. The molecule has 0 spiro atoms. The fraction of sp³-hybridized carbons (Fsp3) is 0.125. The second kappa shape index (κ2) is 7.23. The number of nitrogens with zero attached hydrogens (tertiary/aromatic N) is 2. The van der Waals surface area contributed by atoms with Crippen LogP contribution in [0.2, 0.25) is 0 Å². The van der Waals surface area contributed by atoms with Crippen molar-refractivity contribution < 1.29 is 19.6 Å². The van der Waals surface area contributed by atoms with Gasteiger partial charge in [0.1, 0.15) is 0 Å². The minimum atomic E-state index is -0.736. The third-order valence-corrected chi connectivity index (χ3v) is 3.19. The number of nitro groups is 1. The third kappa shape index (κ3) is 3.86. The molecule has 0 radical (unpaired) electrons. The van der Waals surface area contributed by atoms with Gasteiger partial charge in [-0.1, -0.05) is 17.7 Å². The van der Waals surface area contributed by atoms with E-state index in [4.69, 9.17) is 4.74 Å². The lowest BCUT2D eigenvalue weighted by Crippen LogP contribution is -2.17. The minimum absolute atomic E-state index is 0.0597. The average Bonchev–Trinajstić information content (AvgIpc) is 2.56. The van der Waals surface area contributed by atoms with E-state index in [0.717, 1.165) is 11.6 Å². The molecule has 0 fully saturated rings. The molecule has 0 aromatic heterocycles. The standard InChI is InChI=1S/C16H15N3O5/c1-10-3-5-12(6-4-10)16(21)18-17-9-11-7-13(19(22)23)15(20)14(8-11)24-2/h3-9,20H,1-2H3,(H,18,21)/b17-9+. The van der Waals surface area contributed by atoms with Crippen LogP contribution < -0.4 is 10.2 Å². The maximum absolute atomic E-state index is 11.9. The maximum atomic E-state index is 11.9. The van der Waals surface area contributed by atoms with Gasteiger partial charge in [0.05, 0.1) is 18.2 Å². The molecule has 0 saturated carbocycles. The number of hydrogen-bond acceptors (Lipinski definition) is 6. The van der Waals surface area contributed by atoms with Crippen LogP contribution in [0.1, 0.15) is 21.5 Å². The summed E-state index contributed by atoms with van der Waals surface area (Å²) >= 11 is 0. The summed E-state index contributed by atoms with van der Waals surface area (Å²) in [5.74, 6) is -1.04. The third-order valence-electron chi connectivity index (χ3n) is 3.19. The van der Waals surface area contributed by atoms with Gasteiger partial charge in [-0.2, -0.15) is 5.10 Å². The molecule has 124 valence electrons. The number of phenolic OH excluding ortho intramolecular Hbond substituents is 1. The maximum Gasteiger partial charge on any atom is 0.315 e. The van der Waals surface area contributed by atoms with Crippen LogP contribution in [-0.2, 0) is 0 Å². The van der Waals surface area contributed by atoms with Gasteiger partial charge in [0.15, 0.2) is 5.75 Å². The molecule has 8 heteroatoms. The quantitative estimate of drug-likeness (QED) is 0.496. The SMILES string of the molecule is COc1cc(/C=N/NC(=O)c2ccc(C)cc2)cc([N+](=O)[O-])c1O. The number of benzene rings is 2. The number of rotatable bonds is 5. The van der Waals surface area contributed by atoms with Crippen molar-refractivity contribution in [1.82, 2.24) is 5.43 Å². The Morgan fingerprint density at radius 2 is 2.00 bits per heavy atom. The van der Waals surface area contributed by atoms with Crippen LogP contribution >= 0.6 is 0 Å². The molecule has 0 heterocycles. The molecule has 0 aliphatic carbocycles. The summed E-state index contributed by atoms with van der Waals surface area (Å²) in [6.07, 6.45) is 1.22. The summed E-state index contributed by atoms with van der Waals surface area (Å²) in [6.45, 7) is 1.91. The van der Waals surface area contributed by atoms with E-state index in [1.54, 1.807) is 24.3 Å². The predicted octanol–water partition coefficient (Wildman–Crippen LogP) is 2.38. The summed E-state index contributed by atoms with van der Waals surface area (Å²) < 4.78 is 4.88. The molecule has 0 aliphatic heterocycles. The first-order valence-corrected chi connectivity index (χ1v) is 6.88. The van der Waals surface area contributed by atoms with Crippen molar-refractivity contribution in [2.75, 3.05) is 7.11 Å². The molecule has 0 aliphatic rings. The second-order valence-corrected chi connectivity index (χ2v) is 4.91. The Morgan fingerprint density at radius 3 is 2.58 bits per heavy atom. The normalized spacial score (nSPS) is 10.6. The van der Waals surface area contributed by atoms with Crippen molar-refractivity contribution in [3.8, 4) is 11.5 Å². The molecule has 0 bridgehead atoms. The van der Waals surface area contributed by atoms with E-state index in [0.29, 0.717) is 11.1 Å². The number of aryl methyl sites for hydroxylation is 1. The van der Waals surface area contributed by atoms with Crippen molar-refractivity contribution >= 4 is 17.8 Å². The number of nitro benzene ring substituents is 1. The van der Waals surface area contributed by atoms with Crippen molar-refractivity contribution in [2.45, 2.75) is 6.92 Å². The molecule has 0 unspecified atom stereocenters. The lowest BCUT2D eigenvalue weighted by atomic mass is 10.1. The summed E-state index contributed by atoms with van der Waals surface area (Å²) in [5, 5.41) is 24.4. The first-order chi connectivity index (χ1) is 11.4. The topological polar surface area (TPSA) is 114 Å². The van der Waals surface area contributed by atoms with Gasteiger partial charge >= 0.3 is 5.69 Å². The molecular formula is C16H15N3O5. The van der Waals surface area contributed by atoms with Gasteiger partial charge in [-0.3, -0.25) is 14.9 Å².